The number of thiazole rings is 1. The summed E-state index contributed by atoms with van der Waals surface area (Å²) in [7, 11) is 0. The van der Waals surface area contributed by atoms with Crippen LogP contribution in [-0.2, 0) is 10.2 Å². The molecule has 0 spiro atoms. The van der Waals surface area contributed by atoms with E-state index in [0.29, 0.717) is 0 Å². The molecular formula is C13H11F2NO2S. The maximum absolute atomic E-state index is 13.6. The fourth-order valence-corrected chi connectivity index (χ4v) is 2.52. The first-order valence-electron chi connectivity index (χ1n) is 5.48. The van der Waals surface area contributed by atoms with Gasteiger partial charge in [-0.2, -0.15) is 0 Å². The summed E-state index contributed by atoms with van der Waals surface area (Å²) in [5, 5.41) is 10.7. The largest absolute Gasteiger partial charge is 0.481 e. The lowest BCUT2D eigenvalue weighted by Crippen LogP contribution is -2.28. The molecule has 0 amide bonds. The molecule has 1 aromatic heterocycles. The van der Waals surface area contributed by atoms with Gasteiger partial charge < -0.3 is 5.11 Å². The topological polar surface area (TPSA) is 50.2 Å². The number of halogens is 2. The summed E-state index contributed by atoms with van der Waals surface area (Å²) >= 11 is 1.02. The SMILES string of the molecule is CC(C)(C(=O)O)c1csc(-c2c(F)cccc2F)n1. The van der Waals surface area contributed by atoms with Gasteiger partial charge in [0, 0.05) is 5.38 Å². The van der Waals surface area contributed by atoms with Gasteiger partial charge in [0.05, 0.1) is 11.3 Å². The van der Waals surface area contributed by atoms with Crippen molar-refractivity contribution in [2.24, 2.45) is 0 Å². The van der Waals surface area contributed by atoms with Crippen LogP contribution in [0.4, 0.5) is 8.78 Å². The number of nitrogens with zero attached hydrogens (tertiary/aromatic N) is 1. The Bertz CT molecular complexity index is 617. The zero-order chi connectivity index (χ0) is 14.2. The van der Waals surface area contributed by atoms with E-state index in [1.165, 1.54) is 25.3 Å². The number of carboxylic acids is 1. The van der Waals surface area contributed by atoms with Crippen LogP contribution in [0.3, 0.4) is 0 Å². The summed E-state index contributed by atoms with van der Waals surface area (Å²) in [6.45, 7) is 2.98. The number of carbonyl (C=O) groups is 1. The average molecular weight is 283 g/mol. The Kier molecular flexibility index (Phi) is 3.36. The van der Waals surface area contributed by atoms with E-state index in [9.17, 15) is 13.6 Å². The van der Waals surface area contributed by atoms with Crippen LogP contribution in [0, 0.1) is 11.6 Å². The second kappa shape index (κ2) is 4.70. The lowest BCUT2D eigenvalue weighted by Gasteiger charge is -2.15. The molecule has 3 nitrogen and oxygen atoms in total. The molecule has 6 heteroatoms. The second-order valence-electron chi connectivity index (χ2n) is 4.56. The number of carboxylic acid groups (broad SMARTS) is 1. The molecule has 0 aliphatic carbocycles. The normalized spacial score (nSPS) is 11.6. The molecule has 1 heterocycles. The molecule has 1 aromatic carbocycles. The highest BCUT2D eigenvalue weighted by atomic mass is 32.1. The van der Waals surface area contributed by atoms with Crippen LogP contribution in [0.5, 0.6) is 0 Å². The van der Waals surface area contributed by atoms with Gasteiger partial charge in [-0.25, -0.2) is 13.8 Å². The number of hydrogen-bond donors (Lipinski definition) is 1. The first-order chi connectivity index (χ1) is 8.84. The van der Waals surface area contributed by atoms with Crippen LogP contribution in [-0.4, -0.2) is 16.1 Å². The number of rotatable bonds is 3. The molecule has 0 aliphatic rings. The molecule has 0 atom stereocenters. The Morgan fingerprint density at radius 2 is 1.89 bits per heavy atom. The van der Waals surface area contributed by atoms with Gasteiger partial charge in [-0.3, -0.25) is 4.79 Å². The number of benzene rings is 1. The predicted octanol–water partition coefficient (Wildman–Crippen LogP) is 3.45. The van der Waals surface area contributed by atoms with Gasteiger partial charge in [0.2, 0.25) is 0 Å². The number of aromatic nitrogens is 1. The van der Waals surface area contributed by atoms with Crippen molar-refractivity contribution < 1.29 is 18.7 Å². The summed E-state index contributed by atoms with van der Waals surface area (Å²) in [4.78, 5) is 15.2. The highest BCUT2D eigenvalue weighted by molar-refractivity contribution is 7.13. The highest BCUT2D eigenvalue weighted by Gasteiger charge is 2.32. The van der Waals surface area contributed by atoms with E-state index < -0.39 is 23.0 Å². The van der Waals surface area contributed by atoms with Crippen molar-refractivity contribution in [3.63, 3.8) is 0 Å². The Morgan fingerprint density at radius 1 is 1.32 bits per heavy atom. The molecule has 0 saturated heterocycles. The van der Waals surface area contributed by atoms with Gasteiger partial charge in [-0.1, -0.05) is 6.07 Å². The van der Waals surface area contributed by atoms with Crippen LogP contribution >= 0.6 is 11.3 Å². The zero-order valence-electron chi connectivity index (χ0n) is 10.3. The number of hydrogen-bond acceptors (Lipinski definition) is 3. The quantitative estimate of drug-likeness (QED) is 0.938. The first-order valence-corrected chi connectivity index (χ1v) is 6.36. The molecule has 0 bridgehead atoms. The fraction of sp³-hybridized carbons (Fsp3) is 0.231. The summed E-state index contributed by atoms with van der Waals surface area (Å²) in [6, 6.07) is 3.55. The molecule has 1 N–H and O–H groups in total. The number of aliphatic carboxylic acids is 1. The lowest BCUT2D eigenvalue weighted by atomic mass is 9.90. The van der Waals surface area contributed by atoms with Gasteiger partial charge >= 0.3 is 5.97 Å². The molecule has 0 radical (unpaired) electrons. The molecule has 0 unspecified atom stereocenters. The highest BCUT2D eigenvalue weighted by Crippen LogP contribution is 2.32. The van der Waals surface area contributed by atoms with Crippen LogP contribution in [0.15, 0.2) is 23.6 Å². The van der Waals surface area contributed by atoms with E-state index in [4.69, 9.17) is 5.11 Å². The Morgan fingerprint density at radius 3 is 2.42 bits per heavy atom. The van der Waals surface area contributed by atoms with Crippen molar-refractivity contribution in [3.8, 4) is 10.6 Å². The predicted molar refractivity (Wildman–Crippen MR) is 68.1 cm³/mol. The van der Waals surface area contributed by atoms with E-state index in [2.05, 4.69) is 4.98 Å². The molecular weight excluding hydrogens is 272 g/mol. The molecule has 0 fully saturated rings. The van der Waals surface area contributed by atoms with Gasteiger partial charge in [0.1, 0.15) is 22.1 Å². The molecule has 2 rings (SSSR count). The van der Waals surface area contributed by atoms with Crippen molar-refractivity contribution in [3.05, 3.63) is 40.9 Å². The van der Waals surface area contributed by atoms with E-state index in [0.717, 1.165) is 23.5 Å². The maximum atomic E-state index is 13.6. The third-order valence-corrected chi connectivity index (χ3v) is 3.72. The lowest BCUT2D eigenvalue weighted by molar-refractivity contribution is -0.142. The molecule has 0 saturated carbocycles. The Balaban J connectivity index is 2.51. The third kappa shape index (κ3) is 2.35. The van der Waals surface area contributed by atoms with Crippen LogP contribution in [0.25, 0.3) is 10.6 Å². The minimum absolute atomic E-state index is 0.139. The van der Waals surface area contributed by atoms with Crippen molar-refractivity contribution in [1.82, 2.24) is 4.98 Å². The molecule has 0 aliphatic heterocycles. The fourth-order valence-electron chi connectivity index (χ4n) is 1.49. The molecule has 19 heavy (non-hydrogen) atoms. The van der Waals surface area contributed by atoms with Crippen LogP contribution in [0.1, 0.15) is 19.5 Å². The minimum Gasteiger partial charge on any atom is -0.481 e. The van der Waals surface area contributed by atoms with E-state index in [1.54, 1.807) is 0 Å². The summed E-state index contributed by atoms with van der Waals surface area (Å²) in [6.07, 6.45) is 0. The van der Waals surface area contributed by atoms with Crippen molar-refractivity contribution in [1.29, 1.82) is 0 Å². The van der Waals surface area contributed by atoms with E-state index >= 15 is 0 Å². The van der Waals surface area contributed by atoms with Gasteiger partial charge in [-0.15, -0.1) is 11.3 Å². The smallest absolute Gasteiger partial charge is 0.315 e. The standard InChI is InChI=1S/C13H11F2NO2S/c1-13(2,12(17)18)9-6-19-11(16-9)10-7(14)4-3-5-8(10)15/h3-6H,1-2H3,(H,17,18). The summed E-state index contributed by atoms with van der Waals surface area (Å²) in [5.74, 6) is -2.47. The summed E-state index contributed by atoms with van der Waals surface area (Å²) < 4.78 is 27.2. The van der Waals surface area contributed by atoms with Crippen molar-refractivity contribution >= 4 is 17.3 Å². The summed E-state index contributed by atoms with van der Waals surface area (Å²) in [5.41, 5.74) is -1.14. The zero-order valence-corrected chi connectivity index (χ0v) is 11.1. The third-order valence-electron chi connectivity index (χ3n) is 2.86. The second-order valence-corrected chi connectivity index (χ2v) is 5.42. The maximum Gasteiger partial charge on any atom is 0.315 e. The van der Waals surface area contributed by atoms with Crippen LogP contribution < -0.4 is 0 Å². The molecule has 100 valence electrons. The first kappa shape index (κ1) is 13.6. The van der Waals surface area contributed by atoms with Crippen molar-refractivity contribution in [2.45, 2.75) is 19.3 Å². The van der Waals surface area contributed by atoms with Gasteiger partial charge in [0.25, 0.3) is 0 Å². The minimum atomic E-state index is -1.20. The van der Waals surface area contributed by atoms with Gasteiger partial charge in [0.15, 0.2) is 0 Å². The van der Waals surface area contributed by atoms with Gasteiger partial charge in [-0.05, 0) is 26.0 Å². The monoisotopic (exact) mass is 283 g/mol. The average Bonchev–Trinajstić information content (AvgIpc) is 2.78. The van der Waals surface area contributed by atoms with Crippen LogP contribution in [0.2, 0.25) is 0 Å². The van der Waals surface area contributed by atoms with E-state index in [-0.39, 0.29) is 16.3 Å². The van der Waals surface area contributed by atoms with Crippen molar-refractivity contribution in [2.75, 3.05) is 0 Å². The van der Waals surface area contributed by atoms with E-state index in [1.807, 2.05) is 0 Å². The Labute approximate surface area is 112 Å². The Hall–Kier alpha value is -1.82. The molecule has 2 aromatic rings.